The highest BCUT2D eigenvalue weighted by atomic mass is 16.5. The zero-order chi connectivity index (χ0) is 18.8. The van der Waals surface area contributed by atoms with Crippen molar-refractivity contribution >= 4 is 0 Å². The average molecular weight is 360 g/mol. The molecule has 1 aliphatic rings. The molecule has 2 rings (SSSR count). The van der Waals surface area contributed by atoms with E-state index in [0.717, 1.165) is 51.6 Å². The van der Waals surface area contributed by atoms with E-state index >= 15 is 0 Å². The second-order valence-electron chi connectivity index (χ2n) is 7.49. The number of piperazine rings is 1. The molecule has 1 aromatic rings. The molecule has 1 aromatic carbocycles. The van der Waals surface area contributed by atoms with E-state index in [1.54, 1.807) is 0 Å². The van der Waals surface area contributed by atoms with Gasteiger partial charge in [0, 0.05) is 45.3 Å². The predicted molar refractivity (Wildman–Crippen MR) is 111 cm³/mol. The largest absolute Gasteiger partial charge is 0.491 e. The molecule has 0 spiro atoms. The maximum Gasteiger partial charge on any atom is 0.119 e. The molecule has 1 N–H and O–H groups in total. The number of ether oxygens (including phenoxy) is 1. The number of unbranched alkanes of at least 4 members (excludes halogenated alkanes) is 1. The first-order valence-electron chi connectivity index (χ1n) is 10.2. The summed E-state index contributed by atoms with van der Waals surface area (Å²) in [6.45, 7) is 17.9. The van der Waals surface area contributed by atoms with Crippen molar-refractivity contribution in [2.75, 3.05) is 45.8 Å². The van der Waals surface area contributed by atoms with E-state index in [2.05, 4.69) is 66.7 Å². The molecule has 0 saturated carbocycles. The van der Waals surface area contributed by atoms with Crippen molar-refractivity contribution in [1.29, 1.82) is 0 Å². The summed E-state index contributed by atoms with van der Waals surface area (Å²) in [5, 5.41) is 3.77. The lowest BCUT2D eigenvalue weighted by Gasteiger charge is -2.36. The zero-order valence-corrected chi connectivity index (χ0v) is 16.9. The molecule has 4 heteroatoms. The highest BCUT2D eigenvalue weighted by Gasteiger charge is 2.20. The number of nitrogens with one attached hydrogen (secondary N) is 1. The smallest absolute Gasteiger partial charge is 0.119 e. The summed E-state index contributed by atoms with van der Waals surface area (Å²) in [4.78, 5) is 5.06. The maximum atomic E-state index is 5.79. The van der Waals surface area contributed by atoms with E-state index in [1.807, 2.05) is 6.08 Å². The van der Waals surface area contributed by atoms with Gasteiger partial charge in [-0.3, -0.25) is 9.80 Å². The van der Waals surface area contributed by atoms with Gasteiger partial charge in [-0.15, -0.1) is 6.58 Å². The van der Waals surface area contributed by atoms with Gasteiger partial charge < -0.3 is 10.1 Å². The van der Waals surface area contributed by atoms with Gasteiger partial charge >= 0.3 is 0 Å². The van der Waals surface area contributed by atoms with Gasteiger partial charge in [0.2, 0.25) is 0 Å². The van der Waals surface area contributed by atoms with Crippen LogP contribution in [-0.2, 0) is 0 Å². The number of nitrogens with zero attached hydrogens (tertiary/aromatic N) is 2. The number of hydrogen-bond donors (Lipinski definition) is 1. The Morgan fingerprint density at radius 3 is 2.35 bits per heavy atom. The van der Waals surface area contributed by atoms with Crippen LogP contribution in [0, 0.1) is 0 Å². The fraction of sp³-hybridized carbons (Fsp3) is 0.636. The average Bonchev–Trinajstić information content (AvgIpc) is 2.63. The van der Waals surface area contributed by atoms with Gasteiger partial charge in [-0.25, -0.2) is 0 Å². The first kappa shape index (κ1) is 20.9. The fourth-order valence-electron chi connectivity index (χ4n) is 3.39. The topological polar surface area (TPSA) is 27.7 Å². The summed E-state index contributed by atoms with van der Waals surface area (Å²) >= 11 is 0. The number of rotatable bonds is 11. The molecule has 1 atom stereocenters. The van der Waals surface area contributed by atoms with Gasteiger partial charge in [0.05, 0.1) is 6.10 Å². The molecular formula is C22H37N3O. The molecule has 0 aromatic heterocycles. The van der Waals surface area contributed by atoms with Crippen molar-refractivity contribution in [1.82, 2.24) is 15.1 Å². The number of hydrogen-bond acceptors (Lipinski definition) is 4. The van der Waals surface area contributed by atoms with Crippen LogP contribution >= 0.6 is 0 Å². The van der Waals surface area contributed by atoms with Gasteiger partial charge in [0.15, 0.2) is 0 Å². The minimum atomic E-state index is 0.214. The van der Waals surface area contributed by atoms with Crippen molar-refractivity contribution in [3.8, 4) is 5.75 Å². The van der Waals surface area contributed by atoms with E-state index < -0.39 is 0 Å². The second kappa shape index (κ2) is 11.4. The monoisotopic (exact) mass is 359 g/mol. The lowest BCUT2D eigenvalue weighted by atomic mass is 10.1. The molecule has 1 saturated heterocycles. The molecule has 0 amide bonds. The van der Waals surface area contributed by atoms with E-state index in [-0.39, 0.29) is 6.10 Å². The Bertz CT molecular complexity index is 507. The third kappa shape index (κ3) is 7.10. The van der Waals surface area contributed by atoms with Gasteiger partial charge in [-0.1, -0.05) is 31.6 Å². The van der Waals surface area contributed by atoms with Crippen LogP contribution < -0.4 is 10.1 Å². The summed E-state index contributed by atoms with van der Waals surface area (Å²) in [6.07, 6.45) is 4.66. The quantitative estimate of drug-likeness (QED) is 0.481. The van der Waals surface area contributed by atoms with Crippen LogP contribution in [-0.4, -0.2) is 61.7 Å². The summed E-state index contributed by atoms with van der Waals surface area (Å²) in [6, 6.07) is 9.02. The predicted octanol–water partition coefficient (Wildman–Crippen LogP) is 3.71. The van der Waals surface area contributed by atoms with E-state index in [0.29, 0.717) is 6.04 Å². The Kier molecular flexibility index (Phi) is 9.16. The van der Waals surface area contributed by atoms with Gasteiger partial charge in [0.1, 0.15) is 5.75 Å². The van der Waals surface area contributed by atoms with Crippen molar-refractivity contribution in [2.24, 2.45) is 0 Å². The van der Waals surface area contributed by atoms with Crippen molar-refractivity contribution < 1.29 is 4.74 Å². The van der Waals surface area contributed by atoms with E-state index in [4.69, 9.17) is 4.74 Å². The van der Waals surface area contributed by atoms with E-state index in [1.165, 1.54) is 18.4 Å². The molecule has 0 aliphatic carbocycles. The second-order valence-corrected chi connectivity index (χ2v) is 7.49. The SMILES string of the molecule is C=CCN1CCN(CC(NCCCC)c2ccc(OC(C)C)cc2)CC1. The molecule has 26 heavy (non-hydrogen) atoms. The molecule has 1 unspecified atom stereocenters. The highest BCUT2D eigenvalue weighted by molar-refractivity contribution is 5.29. The Labute approximate surface area is 160 Å². The Morgan fingerprint density at radius 1 is 1.12 bits per heavy atom. The standard InChI is InChI=1S/C22H37N3O/c1-5-7-12-23-22(18-25-16-14-24(13-6-2)15-17-25)20-8-10-21(11-9-20)26-19(3)4/h6,8-11,19,22-23H,2,5,7,12-18H2,1,3-4H3. The maximum absolute atomic E-state index is 5.79. The molecule has 0 bridgehead atoms. The molecule has 146 valence electrons. The van der Waals surface area contributed by atoms with Gasteiger partial charge in [-0.05, 0) is 44.5 Å². The van der Waals surface area contributed by atoms with Crippen molar-refractivity contribution in [2.45, 2.75) is 45.8 Å². The Balaban J connectivity index is 1.95. The van der Waals surface area contributed by atoms with Crippen LogP contribution in [0.3, 0.4) is 0 Å². The van der Waals surface area contributed by atoms with Crippen LogP contribution in [0.15, 0.2) is 36.9 Å². The Morgan fingerprint density at radius 2 is 1.77 bits per heavy atom. The van der Waals surface area contributed by atoms with Gasteiger partial charge in [-0.2, -0.15) is 0 Å². The first-order chi connectivity index (χ1) is 12.6. The Hall–Kier alpha value is -1.36. The minimum absolute atomic E-state index is 0.214. The van der Waals surface area contributed by atoms with Crippen molar-refractivity contribution in [3.63, 3.8) is 0 Å². The molecule has 1 fully saturated rings. The van der Waals surface area contributed by atoms with Crippen molar-refractivity contribution in [3.05, 3.63) is 42.5 Å². The minimum Gasteiger partial charge on any atom is -0.491 e. The third-order valence-electron chi connectivity index (χ3n) is 4.87. The van der Waals surface area contributed by atoms with Crippen LogP contribution in [0.5, 0.6) is 5.75 Å². The lowest BCUT2D eigenvalue weighted by Crippen LogP contribution is -2.48. The van der Waals surface area contributed by atoms with Crippen LogP contribution in [0.2, 0.25) is 0 Å². The summed E-state index contributed by atoms with van der Waals surface area (Å²) in [5.41, 5.74) is 1.35. The van der Waals surface area contributed by atoms with Crippen LogP contribution in [0.4, 0.5) is 0 Å². The molecule has 0 radical (unpaired) electrons. The fourth-order valence-corrected chi connectivity index (χ4v) is 3.39. The molecule has 1 aliphatic heterocycles. The molecule has 4 nitrogen and oxygen atoms in total. The van der Waals surface area contributed by atoms with Gasteiger partial charge in [0.25, 0.3) is 0 Å². The first-order valence-corrected chi connectivity index (χ1v) is 10.2. The molecule has 1 heterocycles. The molecular weight excluding hydrogens is 322 g/mol. The summed E-state index contributed by atoms with van der Waals surface area (Å²) < 4.78 is 5.79. The van der Waals surface area contributed by atoms with Crippen LogP contribution in [0.25, 0.3) is 0 Å². The summed E-state index contributed by atoms with van der Waals surface area (Å²) in [7, 11) is 0. The zero-order valence-electron chi connectivity index (χ0n) is 16.9. The lowest BCUT2D eigenvalue weighted by molar-refractivity contribution is 0.132. The van der Waals surface area contributed by atoms with E-state index in [9.17, 15) is 0 Å². The summed E-state index contributed by atoms with van der Waals surface area (Å²) in [5.74, 6) is 0.953. The third-order valence-corrected chi connectivity index (χ3v) is 4.87. The number of benzene rings is 1. The van der Waals surface area contributed by atoms with Crippen LogP contribution in [0.1, 0.15) is 45.2 Å². The normalized spacial score (nSPS) is 17.4. The highest BCUT2D eigenvalue weighted by Crippen LogP contribution is 2.20.